The Morgan fingerprint density at radius 2 is 1.74 bits per heavy atom. The highest BCUT2D eigenvalue weighted by molar-refractivity contribution is 6.28. The van der Waals surface area contributed by atoms with Crippen molar-refractivity contribution in [2.24, 2.45) is 0 Å². The van der Waals surface area contributed by atoms with Gasteiger partial charge >= 0.3 is 0 Å². The van der Waals surface area contributed by atoms with E-state index < -0.39 is 0 Å². The summed E-state index contributed by atoms with van der Waals surface area (Å²) < 4.78 is 1.57. The van der Waals surface area contributed by atoms with Crippen molar-refractivity contribution in [2.45, 2.75) is 27.7 Å². The van der Waals surface area contributed by atoms with Gasteiger partial charge in [0.05, 0.1) is 0 Å². The van der Waals surface area contributed by atoms with Crippen LogP contribution in [-0.2, 0) is 0 Å². The first-order chi connectivity index (χ1) is 9.05. The van der Waals surface area contributed by atoms with E-state index in [9.17, 15) is 0 Å². The number of nitrogens with zero attached hydrogens (tertiary/aromatic N) is 7. The molecule has 0 atom stereocenters. The summed E-state index contributed by atoms with van der Waals surface area (Å²) in [6.45, 7) is 9.32. The van der Waals surface area contributed by atoms with Crippen molar-refractivity contribution in [2.75, 3.05) is 18.0 Å². The first-order valence-corrected chi connectivity index (χ1v) is 6.50. The second-order valence-electron chi connectivity index (χ2n) is 3.99. The van der Waals surface area contributed by atoms with Crippen LogP contribution in [0.3, 0.4) is 0 Å². The van der Waals surface area contributed by atoms with Crippen molar-refractivity contribution in [1.29, 1.82) is 0 Å². The minimum atomic E-state index is 0.152. The summed E-state index contributed by atoms with van der Waals surface area (Å²) in [6.07, 6.45) is 0. The lowest BCUT2D eigenvalue weighted by Crippen LogP contribution is -2.25. The van der Waals surface area contributed by atoms with E-state index in [-0.39, 0.29) is 5.28 Å². The van der Waals surface area contributed by atoms with Crippen LogP contribution in [0.5, 0.6) is 0 Å². The van der Waals surface area contributed by atoms with Crippen LogP contribution in [0.15, 0.2) is 0 Å². The molecule has 0 saturated carbocycles. The van der Waals surface area contributed by atoms with Crippen LogP contribution in [0.25, 0.3) is 5.95 Å². The Morgan fingerprint density at radius 3 is 2.26 bits per heavy atom. The Balaban J connectivity index is 2.50. The maximum Gasteiger partial charge on any atom is 0.258 e. The summed E-state index contributed by atoms with van der Waals surface area (Å²) in [7, 11) is 0. The Morgan fingerprint density at radius 1 is 1.05 bits per heavy atom. The van der Waals surface area contributed by atoms with Crippen LogP contribution < -0.4 is 4.90 Å². The molecule has 0 bridgehead atoms. The van der Waals surface area contributed by atoms with Crippen LogP contribution >= 0.6 is 11.6 Å². The number of hydrogen-bond acceptors (Lipinski definition) is 6. The van der Waals surface area contributed by atoms with E-state index in [0.717, 1.165) is 13.1 Å². The third kappa shape index (κ3) is 2.81. The zero-order chi connectivity index (χ0) is 14.0. The molecule has 0 fully saturated rings. The first-order valence-electron chi connectivity index (χ1n) is 6.12. The monoisotopic (exact) mass is 281 g/mol. The molecule has 2 aromatic heterocycles. The van der Waals surface area contributed by atoms with Crippen molar-refractivity contribution in [3.05, 3.63) is 16.9 Å². The topological polar surface area (TPSA) is 72.6 Å². The lowest BCUT2D eigenvalue weighted by Gasteiger charge is -2.18. The molecule has 0 amide bonds. The van der Waals surface area contributed by atoms with Crippen LogP contribution in [0.2, 0.25) is 5.28 Å². The van der Waals surface area contributed by atoms with E-state index in [2.05, 4.69) is 25.0 Å². The molecule has 102 valence electrons. The predicted octanol–water partition coefficient (Wildman–Crippen LogP) is 1.57. The molecule has 0 aliphatic carbocycles. The molecule has 19 heavy (non-hydrogen) atoms. The maximum absolute atomic E-state index is 5.97. The van der Waals surface area contributed by atoms with Gasteiger partial charge in [0, 0.05) is 13.1 Å². The summed E-state index contributed by atoms with van der Waals surface area (Å²) in [5.41, 5.74) is 0. The van der Waals surface area contributed by atoms with Crippen molar-refractivity contribution < 1.29 is 0 Å². The zero-order valence-electron chi connectivity index (χ0n) is 11.4. The van der Waals surface area contributed by atoms with E-state index in [1.807, 2.05) is 32.6 Å². The molecule has 0 N–H and O–H groups in total. The van der Waals surface area contributed by atoms with Gasteiger partial charge in [-0.2, -0.15) is 19.6 Å². The van der Waals surface area contributed by atoms with Crippen LogP contribution in [0, 0.1) is 13.8 Å². The van der Waals surface area contributed by atoms with Gasteiger partial charge in [0.15, 0.2) is 0 Å². The summed E-state index contributed by atoms with van der Waals surface area (Å²) >= 11 is 5.97. The number of rotatable bonds is 4. The lowest BCUT2D eigenvalue weighted by molar-refractivity contribution is 0.740. The smallest absolute Gasteiger partial charge is 0.258 e. The van der Waals surface area contributed by atoms with Gasteiger partial charge < -0.3 is 4.90 Å². The molecule has 0 radical (unpaired) electrons. The molecule has 0 saturated heterocycles. The molecule has 2 rings (SSSR count). The van der Waals surface area contributed by atoms with Crippen LogP contribution in [0.4, 0.5) is 5.95 Å². The second kappa shape index (κ2) is 5.48. The van der Waals surface area contributed by atoms with Gasteiger partial charge in [-0.3, -0.25) is 0 Å². The molecular weight excluding hydrogens is 266 g/mol. The van der Waals surface area contributed by atoms with Crippen molar-refractivity contribution in [1.82, 2.24) is 29.7 Å². The van der Waals surface area contributed by atoms with E-state index in [1.54, 1.807) is 4.68 Å². The van der Waals surface area contributed by atoms with Crippen molar-refractivity contribution >= 4 is 17.5 Å². The molecular formula is C11H16ClN7. The van der Waals surface area contributed by atoms with Gasteiger partial charge in [-0.1, -0.05) is 0 Å². The minimum Gasteiger partial charge on any atom is -0.341 e. The van der Waals surface area contributed by atoms with Gasteiger partial charge in [0.1, 0.15) is 11.6 Å². The highest BCUT2D eigenvalue weighted by Gasteiger charge is 2.14. The number of hydrogen-bond donors (Lipinski definition) is 0. The average molecular weight is 282 g/mol. The summed E-state index contributed by atoms with van der Waals surface area (Å²) in [5, 5.41) is 4.40. The Labute approximate surface area is 116 Å². The second-order valence-corrected chi connectivity index (χ2v) is 4.33. The van der Waals surface area contributed by atoms with Gasteiger partial charge in [-0.25, -0.2) is 4.98 Å². The highest BCUT2D eigenvalue weighted by Crippen LogP contribution is 2.13. The average Bonchev–Trinajstić information content (AvgIpc) is 2.69. The third-order valence-electron chi connectivity index (χ3n) is 2.70. The number of aromatic nitrogens is 6. The molecule has 0 aromatic carbocycles. The van der Waals surface area contributed by atoms with Gasteiger partial charge in [-0.05, 0) is 39.3 Å². The minimum absolute atomic E-state index is 0.152. The molecule has 8 heteroatoms. The third-order valence-corrected chi connectivity index (χ3v) is 2.86. The summed E-state index contributed by atoms with van der Waals surface area (Å²) in [4.78, 5) is 18.9. The standard InChI is InChI=1S/C11H16ClN7/c1-5-18(6-2)10-14-9(12)15-11(16-10)19-8(4)13-7(3)17-19/h5-6H2,1-4H3. The Hall–Kier alpha value is -1.76. The quantitative estimate of drug-likeness (QED) is 0.847. The molecule has 2 aromatic rings. The van der Waals surface area contributed by atoms with E-state index in [1.165, 1.54) is 0 Å². The van der Waals surface area contributed by atoms with Gasteiger partial charge in [-0.15, -0.1) is 5.10 Å². The van der Waals surface area contributed by atoms with Gasteiger partial charge in [0.25, 0.3) is 5.95 Å². The number of halogens is 1. The molecule has 0 unspecified atom stereocenters. The zero-order valence-corrected chi connectivity index (χ0v) is 12.2. The van der Waals surface area contributed by atoms with Crippen LogP contribution in [0.1, 0.15) is 25.5 Å². The van der Waals surface area contributed by atoms with Crippen molar-refractivity contribution in [3.8, 4) is 5.95 Å². The van der Waals surface area contributed by atoms with Gasteiger partial charge in [0.2, 0.25) is 11.2 Å². The molecule has 2 heterocycles. The van der Waals surface area contributed by atoms with E-state index in [4.69, 9.17) is 11.6 Å². The van der Waals surface area contributed by atoms with E-state index >= 15 is 0 Å². The molecule has 0 aliphatic rings. The SMILES string of the molecule is CCN(CC)c1nc(Cl)nc(-n2nc(C)nc2C)n1. The molecule has 7 nitrogen and oxygen atoms in total. The number of aryl methyl sites for hydroxylation is 2. The predicted molar refractivity (Wildman–Crippen MR) is 72.8 cm³/mol. The first kappa shape index (κ1) is 13.7. The Bertz CT molecular complexity index is 576. The fourth-order valence-corrected chi connectivity index (χ4v) is 1.93. The fourth-order valence-electron chi connectivity index (χ4n) is 1.78. The summed E-state index contributed by atoms with van der Waals surface area (Å²) in [5.74, 6) is 2.32. The molecule has 0 spiro atoms. The van der Waals surface area contributed by atoms with Crippen LogP contribution in [-0.4, -0.2) is 42.8 Å². The normalized spacial score (nSPS) is 10.8. The van der Waals surface area contributed by atoms with E-state index in [0.29, 0.717) is 23.5 Å². The number of anilines is 1. The maximum atomic E-state index is 5.97. The summed E-state index contributed by atoms with van der Waals surface area (Å²) in [6, 6.07) is 0. The molecule has 0 aliphatic heterocycles. The fraction of sp³-hybridized carbons (Fsp3) is 0.545. The largest absolute Gasteiger partial charge is 0.341 e. The van der Waals surface area contributed by atoms with Crippen molar-refractivity contribution in [3.63, 3.8) is 0 Å². The highest BCUT2D eigenvalue weighted by atomic mass is 35.5. The lowest BCUT2D eigenvalue weighted by atomic mass is 10.5. The Kier molecular flexibility index (Phi) is 3.94.